The van der Waals surface area contributed by atoms with Crippen molar-refractivity contribution in [1.29, 1.82) is 0 Å². The zero-order valence-electron chi connectivity index (χ0n) is 13.6. The molecule has 1 atom stereocenters. The molecule has 0 bridgehead atoms. The van der Waals surface area contributed by atoms with Crippen LogP contribution in [0.4, 0.5) is 0 Å². The van der Waals surface area contributed by atoms with Crippen molar-refractivity contribution in [3.63, 3.8) is 0 Å². The smallest absolute Gasteiger partial charge is 0.309 e. The normalized spacial score (nSPS) is 18.8. The van der Waals surface area contributed by atoms with Crippen molar-refractivity contribution in [2.45, 2.75) is 24.5 Å². The molecule has 9 heteroatoms. The Kier molecular flexibility index (Phi) is 5.92. The maximum Gasteiger partial charge on any atom is 0.309 e. The van der Waals surface area contributed by atoms with E-state index in [1.165, 1.54) is 11.4 Å². The summed E-state index contributed by atoms with van der Waals surface area (Å²) in [4.78, 5) is 22.9. The summed E-state index contributed by atoms with van der Waals surface area (Å²) in [5, 5.41) is 4.59. The lowest BCUT2D eigenvalue weighted by Gasteiger charge is -2.34. The Labute approximate surface area is 141 Å². The van der Waals surface area contributed by atoms with Gasteiger partial charge in [0.25, 0.3) is 0 Å². The second-order valence-electron chi connectivity index (χ2n) is 5.40. The standard InChI is InChI=1S/C15H21N3O5S/c1-11-4-6-12(7-5-11)24(21,22)18-8-3-9-23-13(18)10-17-15(20)14(19)16-2/h4-7,13H,3,8-10H2,1-2H3,(H,16,19)(H,17,20)/t13-/m0/s1. The molecule has 1 fully saturated rings. The molecule has 2 amide bonds. The van der Waals surface area contributed by atoms with Gasteiger partial charge in [0.15, 0.2) is 0 Å². The van der Waals surface area contributed by atoms with Gasteiger partial charge in [-0.05, 0) is 25.5 Å². The molecule has 1 aliphatic heterocycles. The van der Waals surface area contributed by atoms with E-state index < -0.39 is 28.1 Å². The number of carbonyl (C=O) groups is 2. The zero-order valence-corrected chi connectivity index (χ0v) is 14.4. The monoisotopic (exact) mass is 355 g/mol. The number of benzene rings is 1. The van der Waals surface area contributed by atoms with Crippen LogP contribution in [0.15, 0.2) is 29.2 Å². The number of carbonyl (C=O) groups excluding carboxylic acids is 2. The van der Waals surface area contributed by atoms with Gasteiger partial charge in [-0.25, -0.2) is 8.42 Å². The van der Waals surface area contributed by atoms with E-state index in [-0.39, 0.29) is 18.0 Å². The summed E-state index contributed by atoms with van der Waals surface area (Å²) in [5.74, 6) is -1.63. The topological polar surface area (TPSA) is 105 Å². The molecular weight excluding hydrogens is 334 g/mol. The van der Waals surface area contributed by atoms with E-state index in [4.69, 9.17) is 4.74 Å². The molecule has 2 rings (SSSR count). The Morgan fingerprint density at radius 2 is 1.92 bits per heavy atom. The highest BCUT2D eigenvalue weighted by Crippen LogP contribution is 2.22. The van der Waals surface area contributed by atoms with Gasteiger partial charge in [-0.3, -0.25) is 9.59 Å². The molecule has 1 saturated heterocycles. The summed E-state index contributed by atoms with van der Waals surface area (Å²) in [5.41, 5.74) is 0.957. The van der Waals surface area contributed by atoms with E-state index in [0.29, 0.717) is 13.0 Å². The third-order valence-electron chi connectivity index (χ3n) is 3.65. The van der Waals surface area contributed by atoms with Gasteiger partial charge in [0.2, 0.25) is 10.0 Å². The van der Waals surface area contributed by atoms with Crippen LogP contribution in [0.1, 0.15) is 12.0 Å². The summed E-state index contributed by atoms with van der Waals surface area (Å²) in [6.07, 6.45) is -0.288. The first-order chi connectivity index (χ1) is 11.4. The maximum atomic E-state index is 12.8. The zero-order chi connectivity index (χ0) is 17.7. The molecule has 1 aromatic carbocycles. The number of nitrogens with zero attached hydrogens (tertiary/aromatic N) is 1. The van der Waals surface area contributed by atoms with Gasteiger partial charge in [-0.1, -0.05) is 17.7 Å². The Morgan fingerprint density at radius 1 is 1.25 bits per heavy atom. The van der Waals surface area contributed by atoms with E-state index in [2.05, 4.69) is 10.6 Å². The summed E-state index contributed by atoms with van der Waals surface area (Å²) >= 11 is 0. The van der Waals surface area contributed by atoms with Crippen LogP contribution in [0, 0.1) is 6.92 Å². The first-order valence-corrected chi connectivity index (χ1v) is 9.00. The fourth-order valence-electron chi connectivity index (χ4n) is 2.32. The third kappa shape index (κ3) is 4.11. The molecule has 0 spiro atoms. The fraction of sp³-hybridized carbons (Fsp3) is 0.467. The Morgan fingerprint density at radius 3 is 2.54 bits per heavy atom. The van der Waals surface area contributed by atoms with Crippen LogP contribution in [0.5, 0.6) is 0 Å². The fourth-order valence-corrected chi connectivity index (χ4v) is 3.89. The number of sulfonamides is 1. The lowest BCUT2D eigenvalue weighted by molar-refractivity contribution is -0.139. The van der Waals surface area contributed by atoms with Crippen molar-refractivity contribution in [2.75, 3.05) is 26.7 Å². The van der Waals surface area contributed by atoms with Crippen LogP contribution in [0.3, 0.4) is 0 Å². The van der Waals surface area contributed by atoms with Crippen molar-refractivity contribution in [2.24, 2.45) is 0 Å². The lowest BCUT2D eigenvalue weighted by atomic mass is 10.2. The number of rotatable bonds is 4. The van der Waals surface area contributed by atoms with Crippen molar-refractivity contribution < 1.29 is 22.7 Å². The predicted octanol–water partition coefficient (Wildman–Crippen LogP) is -0.406. The van der Waals surface area contributed by atoms with Crippen LogP contribution in [-0.4, -0.2) is 57.5 Å². The van der Waals surface area contributed by atoms with Gasteiger partial charge >= 0.3 is 11.8 Å². The average molecular weight is 355 g/mol. The molecule has 1 aromatic rings. The number of likely N-dealkylation sites (N-methyl/N-ethyl adjacent to an activating group) is 1. The van der Waals surface area contributed by atoms with E-state index >= 15 is 0 Å². The molecule has 0 unspecified atom stereocenters. The van der Waals surface area contributed by atoms with E-state index in [0.717, 1.165) is 5.56 Å². The van der Waals surface area contributed by atoms with Crippen LogP contribution in [0.25, 0.3) is 0 Å². The van der Waals surface area contributed by atoms with Crippen molar-refractivity contribution in [3.8, 4) is 0 Å². The van der Waals surface area contributed by atoms with Crippen molar-refractivity contribution in [1.82, 2.24) is 14.9 Å². The molecule has 24 heavy (non-hydrogen) atoms. The minimum absolute atomic E-state index is 0.0999. The number of nitrogens with one attached hydrogen (secondary N) is 2. The van der Waals surface area contributed by atoms with E-state index in [1.807, 2.05) is 6.92 Å². The lowest BCUT2D eigenvalue weighted by Crippen LogP contribution is -2.52. The molecule has 0 radical (unpaired) electrons. The quantitative estimate of drug-likeness (QED) is 0.715. The largest absolute Gasteiger partial charge is 0.360 e. The number of hydrogen-bond acceptors (Lipinski definition) is 5. The summed E-state index contributed by atoms with van der Waals surface area (Å²) < 4.78 is 32.3. The predicted molar refractivity (Wildman–Crippen MR) is 86.5 cm³/mol. The first kappa shape index (κ1) is 18.4. The van der Waals surface area contributed by atoms with Gasteiger partial charge in [0.1, 0.15) is 6.23 Å². The molecule has 132 valence electrons. The minimum atomic E-state index is -3.75. The maximum absolute atomic E-state index is 12.8. The Balaban J connectivity index is 2.14. The molecule has 1 aliphatic rings. The van der Waals surface area contributed by atoms with Gasteiger partial charge in [-0.2, -0.15) is 4.31 Å². The third-order valence-corrected chi connectivity index (χ3v) is 5.56. The highest BCUT2D eigenvalue weighted by Gasteiger charge is 2.34. The molecule has 0 aromatic heterocycles. The number of aryl methyl sites for hydroxylation is 1. The van der Waals surface area contributed by atoms with Gasteiger partial charge in [0.05, 0.1) is 18.0 Å². The van der Waals surface area contributed by atoms with Crippen molar-refractivity contribution >= 4 is 21.8 Å². The Bertz CT molecular complexity index is 702. The Hall–Kier alpha value is -1.97. The molecule has 8 nitrogen and oxygen atoms in total. The summed E-state index contributed by atoms with van der Waals surface area (Å²) in [7, 11) is -2.40. The van der Waals surface area contributed by atoms with Crippen LogP contribution in [0.2, 0.25) is 0 Å². The van der Waals surface area contributed by atoms with Crippen LogP contribution >= 0.6 is 0 Å². The first-order valence-electron chi connectivity index (χ1n) is 7.56. The highest BCUT2D eigenvalue weighted by molar-refractivity contribution is 7.89. The number of ether oxygens (including phenoxy) is 1. The molecule has 2 N–H and O–H groups in total. The second-order valence-corrected chi connectivity index (χ2v) is 7.29. The second kappa shape index (κ2) is 7.73. The van der Waals surface area contributed by atoms with Crippen LogP contribution in [-0.2, 0) is 24.3 Å². The van der Waals surface area contributed by atoms with Crippen LogP contribution < -0.4 is 10.6 Å². The minimum Gasteiger partial charge on any atom is -0.360 e. The van der Waals surface area contributed by atoms with E-state index in [9.17, 15) is 18.0 Å². The average Bonchev–Trinajstić information content (AvgIpc) is 2.59. The summed E-state index contributed by atoms with van der Waals surface area (Å²) in [6.45, 7) is 2.45. The summed E-state index contributed by atoms with van der Waals surface area (Å²) in [6, 6.07) is 6.53. The number of amides is 2. The van der Waals surface area contributed by atoms with Gasteiger partial charge in [-0.15, -0.1) is 0 Å². The van der Waals surface area contributed by atoms with Gasteiger partial charge in [0, 0.05) is 13.6 Å². The SMILES string of the molecule is CNC(=O)C(=O)NC[C@@H]1OCCCN1S(=O)(=O)c1ccc(C)cc1. The molecule has 1 heterocycles. The number of hydrogen-bond donors (Lipinski definition) is 2. The molecule has 0 saturated carbocycles. The van der Waals surface area contributed by atoms with Gasteiger partial charge < -0.3 is 15.4 Å². The highest BCUT2D eigenvalue weighted by atomic mass is 32.2. The molecule has 0 aliphatic carbocycles. The van der Waals surface area contributed by atoms with Crippen molar-refractivity contribution in [3.05, 3.63) is 29.8 Å². The molecular formula is C15H21N3O5S. The van der Waals surface area contributed by atoms with E-state index in [1.54, 1.807) is 24.3 Å².